The minimum Gasteiger partial charge on any atom is -0.371 e. The summed E-state index contributed by atoms with van der Waals surface area (Å²) in [4.78, 5) is 20.9. The second-order valence-corrected chi connectivity index (χ2v) is 5.39. The first-order chi connectivity index (χ1) is 9.76. The van der Waals surface area contributed by atoms with Gasteiger partial charge in [-0.2, -0.15) is 0 Å². The number of aromatic nitrogens is 1. The molecule has 1 saturated heterocycles. The van der Waals surface area contributed by atoms with E-state index < -0.39 is 0 Å². The van der Waals surface area contributed by atoms with E-state index >= 15 is 0 Å². The van der Waals surface area contributed by atoms with Crippen molar-refractivity contribution in [2.24, 2.45) is 0 Å². The molecule has 0 unspecified atom stereocenters. The van der Waals surface area contributed by atoms with Gasteiger partial charge in [0.2, 0.25) is 0 Å². The summed E-state index contributed by atoms with van der Waals surface area (Å²) >= 11 is 0. The molecule has 1 fully saturated rings. The zero-order valence-electron chi connectivity index (χ0n) is 12.6. The van der Waals surface area contributed by atoms with Crippen LogP contribution in [-0.2, 0) is 0 Å². The highest BCUT2D eigenvalue weighted by molar-refractivity contribution is 5.93. The van der Waals surface area contributed by atoms with Crippen LogP contribution in [0, 0.1) is 0 Å². The molecule has 1 amide bonds. The Morgan fingerprint density at radius 1 is 1.25 bits per heavy atom. The molecule has 1 aromatic rings. The molecule has 4 nitrogen and oxygen atoms in total. The average molecular weight is 275 g/mol. The summed E-state index contributed by atoms with van der Waals surface area (Å²) in [5.41, 5.74) is 1.70. The quantitative estimate of drug-likeness (QED) is 0.801. The second kappa shape index (κ2) is 7.27. The van der Waals surface area contributed by atoms with Crippen LogP contribution in [0.3, 0.4) is 0 Å². The Bertz CT molecular complexity index is 435. The van der Waals surface area contributed by atoms with E-state index in [-0.39, 0.29) is 5.91 Å². The van der Waals surface area contributed by atoms with E-state index in [0.717, 1.165) is 57.5 Å². The number of pyridine rings is 1. The Morgan fingerprint density at radius 3 is 2.50 bits per heavy atom. The van der Waals surface area contributed by atoms with Gasteiger partial charge < -0.3 is 9.80 Å². The Balaban J connectivity index is 2.15. The van der Waals surface area contributed by atoms with Gasteiger partial charge in [0.15, 0.2) is 0 Å². The lowest BCUT2D eigenvalue weighted by Crippen LogP contribution is -2.29. The minimum atomic E-state index is 0.0808. The van der Waals surface area contributed by atoms with Crippen LogP contribution >= 0.6 is 0 Å². The molecular weight excluding hydrogens is 250 g/mol. The molecule has 2 rings (SSSR count). The van der Waals surface area contributed by atoms with Crippen LogP contribution in [0.15, 0.2) is 18.3 Å². The van der Waals surface area contributed by atoms with E-state index in [1.54, 1.807) is 6.20 Å². The van der Waals surface area contributed by atoms with Crippen LogP contribution in [0.5, 0.6) is 0 Å². The lowest BCUT2D eigenvalue weighted by molar-refractivity contribution is 0.0787. The predicted octanol–water partition coefficient (Wildman–Crippen LogP) is 2.94. The molecule has 1 aliphatic rings. The highest BCUT2D eigenvalue weighted by Crippen LogP contribution is 2.18. The molecule has 0 saturated carbocycles. The summed E-state index contributed by atoms with van der Waals surface area (Å²) in [5.74, 6) is 0.0808. The van der Waals surface area contributed by atoms with Gasteiger partial charge in [-0.25, -0.2) is 0 Å². The largest absolute Gasteiger partial charge is 0.371 e. The number of hydrogen-bond donors (Lipinski definition) is 0. The number of nitrogens with zero attached hydrogens (tertiary/aromatic N) is 3. The van der Waals surface area contributed by atoms with Crippen LogP contribution in [0.25, 0.3) is 0 Å². The maximum absolute atomic E-state index is 12.4. The Hall–Kier alpha value is -1.58. The van der Waals surface area contributed by atoms with Crippen LogP contribution in [-0.4, -0.2) is 42.0 Å². The van der Waals surface area contributed by atoms with Gasteiger partial charge in [-0.1, -0.05) is 13.8 Å². The average Bonchev–Trinajstić information content (AvgIpc) is 3.00. The number of rotatable bonds is 6. The lowest BCUT2D eigenvalue weighted by atomic mass is 10.2. The van der Waals surface area contributed by atoms with Crippen molar-refractivity contribution in [3.63, 3.8) is 0 Å². The second-order valence-electron chi connectivity index (χ2n) is 5.39. The van der Waals surface area contributed by atoms with Crippen molar-refractivity contribution in [3.05, 3.63) is 24.0 Å². The topological polar surface area (TPSA) is 36.4 Å². The number of carbonyl (C=O) groups excluding carboxylic acids is 1. The van der Waals surface area contributed by atoms with E-state index in [9.17, 15) is 4.79 Å². The van der Waals surface area contributed by atoms with Gasteiger partial charge in [0, 0.05) is 38.1 Å². The smallest absolute Gasteiger partial charge is 0.272 e. The Morgan fingerprint density at radius 2 is 1.90 bits per heavy atom. The van der Waals surface area contributed by atoms with Crippen LogP contribution in [0.4, 0.5) is 5.69 Å². The Labute approximate surface area is 121 Å². The third-order valence-electron chi connectivity index (χ3n) is 3.71. The van der Waals surface area contributed by atoms with Gasteiger partial charge in [0.05, 0.1) is 0 Å². The molecule has 0 N–H and O–H groups in total. The third kappa shape index (κ3) is 3.50. The normalized spacial score (nSPS) is 14.6. The fraction of sp³-hybridized carbons (Fsp3) is 0.625. The van der Waals surface area contributed by atoms with Crippen molar-refractivity contribution in [2.45, 2.75) is 39.5 Å². The molecule has 2 heterocycles. The SMILES string of the molecule is CCCN(CCC)c1ccnc(C(=O)N2CCCC2)c1. The molecule has 20 heavy (non-hydrogen) atoms. The van der Waals surface area contributed by atoms with Gasteiger partial charge in [-0.15, -0.1) is 0 Å². The number of carbonyl (C=O) groups is 1. The van der Waals surface area contributed by atoms with E-state index in [4.69, 9.17) is 0 Å². The van der Waals surface area contributed by atoms with E-state index in [1.807, 2.05) is 17.0 Å². The summed E-state index contributed by atoms with van der Waals surface area (Å²) in [6.45, 7) is 8.15. The lowest BCUT2D eigenvalue weighted by Gasteiger charge is -2.24. The summed E-state index contributed by atoms with van der Waals surface area (Å²) in [7, 11) is 0. The molecule has 0 atom stereocenters. The maximum Gasteiger partial charge on any atom is 0.272 e. The molecule has 0 aliphatic carbocycles. The van der Waals surface area contributed by atoms with Crippen molar-refractivity contribution < 1.29 is 4.79 Å². The van der Waals surface area contributed by atoms with Crippen molar-refractivity contribution in [2.75, 3.05) is 31.1 Å². The molecule has 0 aromatic carbocycles. The van der Waals surface area contributed by atoms with Crippen molar-refractivity contribution in [1.29, 1.82) is 0 Å². The van der Waals surface area contributed by atoms with Gasteiger partial charge in [-0.3, -0.25) is 9.78 Å². The molecule has 0 radical (unpaired) electrons. The third-order valence-corrected chi connectivity index (χ3v) is 3.71. The standard InChI is InChI=1S/C16H25N3O/c1-3-9-18(10-4-2)14-7-8-17-15(13-14)16(20)19-11-5-6-12-19/h7-8,13H,3-6,9-12H2,1-2H3. The maximum atomic E-state index is 12.4. The van der Waals surface area contributed by atoms with Gasteiger partial charge in [0.25, 0.3) is 5.91 Å². The first kappa shape index (κ1) is 14.8. The van der Waals surface area contributed by atoms with Crippen molar-refractivity contribution >= 4 is 11.6 Å². The highest BCUT2D eigenvalue weighted by atomic mass is 16.2. The molecule has 0 bridgehead atoms. The number of likely N-dealkylation sites (tertiary alicyclic amines) is 1. The van der Waals surface area contributed by atoms with Crippen LogP contribution in [0.2, 0.25) is 0 Å². The zero-order valence-corrected chi connectivity index (χ0v) is 12.6. The van der Waals surface area contributed by atoms with E-state index in [1.165, 1.54) is 0 Å². The Kier molecular flexibility index (Phi) is 5.39. The highest BCUT2D eigenvalue weighted by Gasteiger charge is 2.21. The number of anilines is 1. The first-order valence-electron chi connectivity index (χ1n) is 7.76. The fourth-order valence-electron chi connectivity index (χ4n) is 2.73. The number of amides is 1. The van der Waals surface area contributed by atoms with Crippen molar-refractivity contribution in [3.8, 4) is 0 Å². The minimum absolute atomic E-state index is 0.0808. The van der Waals surface area contributed by atoms with E-state index in [0.29, 0.717) is 5.69 Å². The molecule has 1 aromatic heterocycles. The van der Waals surface area contributed by atoms with Crippen LogP contribution in [0.1, 0.15) is 50.0 Å². The molecule has 4 heteroatoms. The van der Waals surface area contributed by atoms with Gasteiger partial charge in [0.1, 0.15) is 5.69 Å². The summed E-state index contributed by atoms with van der Waals surface area (Å²) in [5, 5.41) is 0. The molecule has 0 spiro atoms. The predicted molar refractivity (Wildman–Crippen MR) is 82.2 cm³/mol. The van der Waals surface area contributed by atoms with Gasteiger partial charge >= 0.3 is 0 Å². The van der Waals surface area contributed by atoms with E-state index in [2.05, 4.69) is 23.7 Å². The summed E-state index contributed by atoms with van der Waals surface area (Å²) in [6.07, 6.45) is 6.21. The first-order valence-corrected chi connectivity index (χ1v) is 7.76. The molecule has 110 valence electrons. The molecular formula is C16H25N3O. The molecule has 1 aliphatic heterocycles. The van der Waals surface area contributed by atoms with Gasteiger partial charge in [-0.05, 0) is 37.8 Å². The van der Waals surface area contributed by atoms with Crippen LogP contribution < -0.4 is 4.90 Å². The summed E-state index contributed by atoms with van der Waals surface area (Å²) < 4.78 is 0. The fourth-order valence-corrected chi connectivity index (χ4v) is 2.73. The summed E-state index contributed by atoms with van der Waals surface area (Å²) in [6, 6.07) is 3.96. The number of hydrogen-bond acceptors (Lipinski definition) is 3. The zero-order chi connectivity index (χ0) is 14.4. The van der Waals surface area contributed by atoms with Crippen molar-refractivity contribution in [1.82, 2.24) is 9.88 Å². The monoisotopic (exact) mass is 275 g/mol.